The molecular weight excluding hydrogens is 284 g/mol. The van der Waals surface area contributed by atoms with E-state index in [4.69, 9.17) is 14.2 Å². The van der Waals surface area contributed by atoms with Gasteiger partial charge in [0.1, 0.15) is 0 Å². The van der Waals surface area contributed by atoms with E-state index in [-0.39, 0.29) is 11.8 Å². The third-order valence-corrected chi connectivity index (χ3v) is 4.05. The summed E-state index contributed by atoms with van der Waals surface area (Å²) in [6.07, 6.45) is 0. The van der Waals surface area contributed by atoms with Crippen LogP contribution in [0.3, 0.4) is 0 Å². The summed E-state index contributed by atoms with van der Waals surface area (Å²) in [5.41, 5.74) is 0.904. The number of carbonyl (C=O) groups excluding carboxylic acids is 1. The second kappa shape index (κ2) is 7.35. The van der Waals surface area contributed by atoms with Crippen molar-refractivity contribution in [2.75, 3.05) is 34.4 Å². The molecule has 1 fully saturated rings. The van der Waals surface area contributed by atoms with Crippen LogP contribution < -0.4 is 24.8 Å². The van der Waals surface area contributed by atoms with Gasteiger partial charge >= 0.3 is 0 Å². The third-order valence-electron chi connectivity index (χ3n) is 4.05. The van der Waals surface area contributed by atoms with Gasteiger partial charge in [0, 0.05) is 13.1 Å². The average molecular weight is 308 g/mol. The minimum absolute atomic E-state index is 0.0297. The van der Waals surface area contributed by atoms with E-state index in [9.17, 15) is 4.79 Å². The third kappa shape index (κ3) is 3.44. The second-order valence-corrected chi connectivity index (χ2v) is 5.49. The summed E-state index contributed by atoms with van der Waals surface area (Å²) in [6, 6.07) is 3.69. The maximum atomic E-state index is 12.2. The molecule has 2 N–H and O–H groups in total. The second-order valence-electron chi connectivity index (χ2n) is 5.49. The van der Waals surface area contributed by atoms with Crippen molar-refractivity contribution >= 4 is 5.91 Å². The van der Waals surface area contributed by atoms with Crippen LogP contribution >= 0.6 is 0 Å². The summed E-state index contributed by atoms with van der Waals surface area (Å²) in [4.78, 5) is 12.2. The van der Waals surface area contributed by atoms with Gasteiger partial charge in [-0.25, -0.2) is 0 Å². The molecule has 1 aliphatic rings. The highest BCUT2D eigenvalue weighted by Crippen LogP contribution is 2.38. The number of ether oxygens (including phenoxy) is 3. The molecule has 0 unspecified atom stereocenters. The van der Waals surface area contributed by atoms with Crippen LogP contribution in [0, 0.1) is 11.8 Å². The lowest BCUT2D eigenvalue weighted by Crippen LogP contribution is -2.33. The number of rotatable bonds is 6. The fourth-order valence-electron chi connectivity index (χ4n) is 2.72. The quantitative estimate of drug-likeness (QED) is 0.826. The predicted octanol–water partition coefficient (Wildman–Crippen LogP) is 1.18. The Morgan fingerprint density at radius 2 is 1.82 bits per heavy atom. The molecule has 1 heterocycles. The molecule has 0 aliphatic carbocycles. The van der Waals surface area contributed by atoms with Gasteiger partial charge < -0.3 is 24.8 Å². The summed E-state index contributed by atoms with van der Waals surface area (Å²) in [5, 5.41) is 6.22. The van der Waals surface area contributed by atoms with Crippen LogP contribution in [0.2, 0.25) is 0 Å². The minimum atomic E-state index is 0.0297. The summed E-state index contributed by atoms with van der Waals surface area (Å²) in [5.74, 6) is 2.19. The van der Waals surface area contributed by atoms with E-state index in [1.165, 1.54) is 0 Å². The van der Waals surface area contributed by atoms with E-state index >= 15 is 0 Å². The molecule has 6 nitrogen and oxygen atoms in total. The first-order valence-corrected chi connectivity index (χ1v) is 7.38. The Balaban J connectivity index is 2.08. The summed E-state index contributed by atoms with van der Waals surface area (Å²) >= 11 is 0. The first-order chi connectivity index (χ1) is 10.6. The molecule has 0 radical (unpaired) electrons. The molecule has 0 spiro atoms. The van der Waals surface area contributed by atoms with Crippen LogP contribution in [0.1, 0.15) is 12.5 Å². The van der Waals surface area contributed by atoms with Crippen LogP contribution in [0.15, 0.2) is 12.1 Å². The van der Waals surface area contributed by atoms with Crippen LogP contribution in [-0.2, 0) is 11.3 Å². The predicted molar refractivity (Wildman–Crippen MR) is 83.5 cm³/mol. The maximum Gasteiger partial charge on any atom is 0.224 e. The molecule has 1 aromatic carbocycles. The molecule has 2 rings (SSSR count). The lowest BCUT2D eigenvalue weighted by atomic mass is 9.97. The SMILES string of the molecule is COc1cc(CNC(=O)[C@@H]2CNC[C@H]2C)cc(OC)c1OC. The fraction of sp³-hybridized carbons (Fsp3) is 0.562. The summed E-state index contributed by atoms with van der Waals surface area (Å²) < 4.78 is 15.9. The number of benzene rings is 1. The van der Waals surface area contributed by atoms with E-state index in [0.717, 1.165) is 18.7 Å². The number of hydrogen-bond acceptors (Lipinski definition) is 5. The normalized spacial score (nSPS) is 20.5. The number of nitrogens with one attached hydrogen (secondary N) is 2. The zero-order chi connectivity index (χ0) is 16.1. The fourth-order valence-corrected chi connectivity index (χ4v) is 2.72. The van der Waals surface area contributed by atoms with Gasteiger partial charge in [-0.05, 0) is 30.2 Å². The molecule has 1 aromatic rings. The first kappa shape index (κ1) is 16.4. The van der Waals surface area contributed by atoms with Gasteiger partial charge in [0.05, 0.1) is 27.2 Å². The van der Waals surface area contributed by atoms with Crippen molar-refractivity contribution in [3.05, 3.63) is 17.7 Å². The van der Waals surface area contributed by atoms with E-state index in [1.54, 1.807) is 21.3 Å². The van der Waals surface area contributed by atoms with Gasteiger partial charge in [0.15, 0.2) is 11.5 Å². The molecule has 1 aliphatic heterocycles. The Morgan fingerprint density at radius 3 is 2.27 bits per heavy atom. The summed E-state index contributed by atoms with van der Waals surface area (Å²) in [6.45, 7) is 4.15. The van der Waals surface area contributed by atoms with Crippen molar-refractivity contribution < 1.29 is 19.0 Å². The van der Waals surface area contributed by atoms with E-state index in [1.807, 2.05) is 12.1 Å². The molecular formula is C16H24N2O4. The van der Waals surface area contributed by atoms with Crippen molar-refractivity contribution in [3.63, 3.8) is 0 Å². The van der Waals surface area contributed by atoms with Crippen molar-refractivity contribution in [2.45, 2.75) is 13.5 Å². The van der Waals surface area contributed by atoms with E-state index < -0.39 is 0 Å². The Bertz CT molecular complexity index is 508. The van der Waals surface area contributed by atoms with Gasteiger partial charge in [-0.1, -0.05) is 6.92 Å². The van der Waals surface area contributed by atoms with Crippen LogP contribution in [0.25, 0.3) is 0 Å². The van der Waals surface area contributed by atoms with Crippen LogP contribution in [-0.4, -0.2) is 40.3 Å². The highest BCUT2D eigenvalue weighted by Gasteiger charge is 2.29. The topological polar surface area (TPSA) is 68.8 Å². The van der Waals surface area contributed by atoms with Gasteiger partial charge in [0.25, 0.3) is 0 Å². The van der Waals surface area contributed by atoms with Crippen LogP contribution in [0.4, 0.5) is 0 Å². The van der Waals surface area contributed by atoms with E-state index in [2.05, 4.69) is 17.6 Å². The standard InChI is InChI=1S/C16H24N2O4/c1-10-7-17-9-12(10)16(19)18-8-11-5-13(20-2)15(22-4)14(6-11)21-3/h5-6,10,12,17H,7-9H2,1-4H3,(H,18,19)/t10-,12-/m1/s1. The highest BCUT2D eigenvalue weighted by molar-refractivity contribution is 5.79. The number of amides is 1. The van der Waals surface area contributed by atoms with Gasteiger partial charge in [-0.2, -0.15) is 0 Å². The van der Waals surface area contributed by atoms with Crippen molar-refractivity contribution in [2.24, 2.45) is 11.8 Å². The molecule has 0 bridgehead atoms. The number of hydrogen-bond donors (Lipinski definition) is 2. The Hall–Kier alpha value is -1.95. The lowest BCUT2D eigenvalue weighted by molar-refractivity contribution is -0.125. The monoisotopic (exact) mass is 308 g/mol. The van der Waals surface area contributed by atoms with E-state index in [0.29, 0.717) is 29.7 Å². The van der Waals surface area contributed by atoms with Gasteiger partial charge in [-0.3, -0.25) is 4.79 Å². The Kier molecular flexibility index (Phi) is 5.49. The zero-order valence-electron chi connectivity index (χ0n) is 13.6. The molecule has 22 heavy (non-hydrogen) atoms. The minimum Gasteiger partial charge on any atom is -0.493 e. The lowest BCUT2D eigenvalue weighted by Gasteiger charge is -2.16. The highest BCUT2D eigenvalue weighted by atomic mass is 16.5. The number of carbonyl (C=O) groups is 1. The molecule has 6 heteroatoms. The number of methoxy groups -OCH3 is 3. The molecule has 2 atom stereocenters. The molecule has 122 valence electrons. The van der Waals surface area contributed by atoms with Crippen molar-refractivity contribution in [3.8, 4) is 17.2 Å². The van der Waals surface area contributed by atoms with Gasteiger partial charge in [-0.15, -0.1) is 0 Å². The maximum absolute atomic E-state index is 12.2. The smallest absolute Gasteiger partial charge is 0.224 e. The Morgan fingerprint density at radius 1 is 1.18 bits per heavy atom. The average Bonchev–Trinajstić information content (AvgIpc) is 2.97. The van der Waals surface area contributed by atoms with Crippen molar-refractivity contribution in [1.29, 1.82) is 0 Å². The first-order valence-electron chi connectivity index (χ1n) is 7.38. The largest absolute Gasteiger partial charge is 0.493 e. The van der Waals surface area contributed by atoms with Crippen LogP contribution in [0.5, 0.6) is 17.2 Å². The summed E-state index contributed by atoms with van der Waals surface area (Å²) in [7, 11) is 4.72. The van der Waals surface area contributed by atoms with Gasteiger partial charge in [0.2, 0.25) is 11.7 Å². The molecule has 1 amide bonds. The molecule has 1 saturated heterocycles. The Labute approximate surface area is 131 Å². The molecule has 0 aromatic heterocycles. The zero-order valence-corrected chi connectivity index (χ0v) is 13.6. The molecule has 0 saturated carbocycles. The van der Waals surface area contributed by atoms with Crippen molar-refractivity contribution in [1.82, 2.24) is 10.6 Å².